The first kappa shape index (κ1) is 16.6. The number of hydrogen-bond donors (Lipinski definition) is 1. The van der Waals surface area contributed by atoms with E-state index in [2.05, 4.69) is 21.2 Å². The van der Waals surface area contributed by atoms with Gasteiger partial charge in [-0.05, 0) is 30.3 Å². The van der Waals surface area contributed by atoms with Gasteiger partial charge in [0, 0.05) is 28.1 Å². The Kier molecular flexibility index (Phi) is 5.20. The van der Waals surface area contributed by atoms with Gasteiger partial charge in [-0.3, -0.25) is 4.79 Å². The van der Waals surface area contributed by atoms with Crippen LogP contribution in [-0.4, -0.2) is 19.6 Å². The van der Waals surface area contributed by atoms with Crippen molar-refractivity contribution in [3.63, 3.8) is 0 Å². The summed E-state index contributed by atoms with van der Waals surface area (Å²) in [6, 6.07) is 13.4. The molecular formula is C19H18BrNO3. The van der Waals surface area contributed by atoms with Crippen molar-refractivity contribution in [2.45, 2.75) is 12.5 Å². The number of halogens is 1. The van der Waals surface area contributed by atoms with Crippen LogP contribution in [-0.2, 0) is 4.79 Å². The van der Waals surface area contributed by atoms with E-state index in [1.54, 1.807) is 13.2 Å². The Morgan fingerprint density at radius 2 is 2.17 bits per heavy atom. The molecule has 0 fully saturated rings. The summed E-state index contributed by atoms with van der Waals surface area (Å²) in [4.78, 5) is 12.3. The second kappa shape index (κ2) is 7.53. The molecule has 0 radical (unpaired) electrons. The molecule has 24 heavy (non-hydrogen) atoms. The maximum atomic E-state index is 12.3. The van der Waals surface area contributed by atoms with Gasteiger partial charge in [-0.25, -0.2) is 0 Å². The van der Waals surface area contributed by atoms with Crippen molar-refractivity contribution in [2.75, 3.05) is 13.7 Å². The number of benzene rings is 2. The van der Waals surface area contributed by atoms with Crippen molar-refractivity contribution in [1.29, 1.82) is 0 Å². The lowest BCUT2D eigenvalue weighted by Gasteiger charge is -2.26. The predicted molar refractivity (Wildman–Crippen MR) is 97.2 cm³/mol. The molecule has 0 saturated carbocycles. The topological polar surface area (TPSA) is 47.6 Å². The summed E-state index contributed by atoms with van der Waals surface area (Å²) in [5, 5.41) is 3.04. The lowest BCUT2D eigenvalue weighted by molar-refractivity contribution is -0.117. The van der Waals surface area contributed by atoms with Crippen molar-refractivity contribution < 1.29 is 14.3 Å². The third kappa shape index (κ3) is 3.79. The van der Waals surface area contributed by atoms with E-state index in [1.807, 2.05) is 42.5 Å². The van der Waals surface area contributed by atoms with Crippen LogP contribution < -0.4 is 14.8 Å². The second-order valence-electron chi connectivity index (χ2n) is 5.46. The van der Waals surface area contributed by atoms with Gasteiger partial charge in [-0.2, -0.15) is 0 Å². The molecule has 1 aliphatic rings. The minimum absolute atomic E-state index is 0.0310. The number of amides is 1. The maximum absolute atomic E-state index is 12.3. The molecule has 0 saturated heterocycles. The van der Waals surface area contributed by atoms with Gasteiger partial charge in [0.05, 0.1) is 19.8 Å². The van der Waals surface area contributed by atoms with Gasteiger partial charge in [-0.15, -0.1) is 0 Å². The number of fused-ring (bicyclic) bond motifs is 1. The third-order valence-corrected chi connectivity index (χ3v) is 4.37. The summed E-state index contributed by atoms with van der Waals surface area (Å²) < 4.78 is 11.9. The van der Waals surface area contributed by atoms with Gasteiger partial charge in [0.2, 0.25) is 5.91 Å². The van der Waals surface area contributed by atoms with Crippen molar-refractivity contribution in [3.8, 4) is 11.5 Å². The summed E-state index contributed by atoms with van der Waals surface area (Å²) >= 11 is 3.43. The largest absolute Gasteiger partial charge is 0.496 e. The Morgan fingerprint density at radius 1 is 1.33 bits per heavy atom. The molecule has 0 aromatic heterocycles. The Morgan fingerprint density at radius 3 is 3.00 bits per heavy atom. The average Bonchev–Trinajstić information content (AvgIpc) is 2.60. The zero-order chi connectivity index (χ0) is 16.9. The van der Waals surface area contributed by atoms with Gasteiger partial charge in [0.15, 0.2) is 0 Å². The number of carbonyl (C=O) groups excluding carboxylic acids is 1. The molecule has 0 aliphatic carbocycles. The van der Waals surface area contributed by atoms with E-state index >= 15 is 0 Å². The fourth-order valence-corrected chi connectivity index (χ4v) is 3.09. The Labute approximate surface area is 149 Å². The molecule has 0 spiro atoms. The monoisotopic (exact) mass is 387 g/mol. The summed E-state index contributed by atoms with van der Waals surface area (Å²) in [5.41, 5.74) is 1.86. The molecule has 0 unspecified atom stereocenters. The number of ether oxygens (including phenoxy) is 2. The SMILES string of the molecule is COc1ccc(Br)cc1/C=C/C(=O)N[C@@H]1CCOc2ccccc21. The van der Waals surface area contributed by atoms with Crippen LogP contribution in [0.5, 0.6) is 11.5 Å². The van der Waals surface area contributed by atoms with E-state index in [9.17, 15) is 4.79 Å². The van der Waals surface area contributed by atoms with Gasteiger partial charge >= 0.3 is 0 Å². The number of methoxy groups -OCH3 is 1. The van der Waals surface area contributed by atoms with Crippen LogP contribution in [0.3, 0.4) is 0 Å². The van der Waals surface area contributed by atoms with E-state index in [4.69, 9.17) is 9.47 Å². The number of carbonyl (C=O) groups is 1. The predicted octanol–water partition coefficient (Wildman–Crippen LogP) is 4.11. The highest BCUT2D eigenvalue weighted by atomic mass is 79.9. The van der Waals surface area contributed by atoms with Crippen LogP contribution in [0.1, 0.15) is 23.6 Å². The van der Waals surface area contributed by atoms with Gasteiger partial charge < -0.3 is 14.8 Å². The summed E-state index contributed by atoms with van der Waals surface area (Å²) in [6.45, 7) is 0.602. The highest BCUT2D eigenvalue weighted by molar-refractivity contribution is 9.10. The first-order valence-corrected chi connectivity index (χ1v) is 8.50. The number of hydrogen-bond acceptors (Lipinski definition) is 3. The van der Waals surface area contributed by atoms with Crippen LogP contribution in [0.25, 0.3) is 6.08 Å². The third-order valence-electron chi connectivity index (χ3n) is 3.88. The second-order valence-corrected chi connectivity index (χ2v) is 6.37. The first-order valence-electron chi connectivity index (χ1n) is 7.71. The fraction of sp³-hybridized carbons (Fsp3) is 0.211. The quantitative estimate of drug-likeness (QED) is 0.802. The minimum Gasteiger partial charge on any atom is -0.496 e. The smallest absolute Gasteiger partial charge is 0.244 e. The molecule has 1 heterocycles. The van der Waals surface area contributed by atoms with Crippen LogP contribution >= 0.6 is 15.9 Å². The highest BCUT2D eigenvalue weighted by Gasteiger charge is 2.21. The van der Waals surface area contributed by atoms with Gasteiger partial charge in [-0.1, -0.05) is 34.1 Å². The average molecular weight is 388 g/mol. The molecule has 1 N–H and O–H groups in total. The van der Waals surface area contributed by atoms with E-state index in [0.29, 0.717) is 6.61 Å². The van der Waals surface area contributed by atoms with Gasteiger partial charge in [0.25, 0.3) is 0 Å². The Hall–Kier alpha value is -2.27. The van der Waals surface area contributed by atoms with E-state index < -0.39 is 0 Å². The molecule has 1 aliphatic heterocycles. The lowest BCUT2D eigenvalue weighted by Crippen LogP contribution is -2.30. The zero-order valence-electron chi connectivity index (χ0n) is 13.3. The fourth-order valence-electron chi connectivity index (χ4n) is 2.71. The Bertz CT molecular complexity index is 773. The van der Waals surface area contributed by atoms with Crippen molar-refractivity contribution >= 4 is 27.9 Å². The number of para-hydroxylation sites is 1. The summed E-state index contributed by atoms with van der Waals surface area (Å²) in [5.74, 6) is 1.42. The maximum Gasteiger partial charge on any atom is 0.244 e. The Balaban J connectivity index is 1.72. The van der Waals surface area contributed by atoms with E-state index in [1.165, 1.54) is 6.08 Å². The molecule has 1 atom stereocenters. The lowest BCUT2D eigenvalue weighted by atomic mass is 10.0. The summed E-state index contributed by atoms with van der Waals surface area (Å²) in [7, 11) is 1.61. The summed E-state index contributed by atoms with van der Waals surface area (Å²) in [6.07, 6.45) is 4.04. The van der Waals surface area contributed by atoms with E-state index in [0.717, 1.165) is 33.5 Å². The molecular weight excluding hydrogens is 370 g/mol. The molecule has 2 aromatic carbocycles. The van der Waals surface area contributed by atoms with Gasteiger partial charge in [0.1, 0.15) is 11.5 Å². The van der Waals surface area contributed by atoms with Crippen LogP contribution in [0.15, 0.2) is 53.0 Å². The molecule has 0 bridgehead atoms. The molecule has 124 valence electrons. The van der Waals surface area contributed by atoms with Crippen molar-refractivity contribution in [3.05, 3.63) is 64.1 Å². The first-order chi connectivity index (χ1) is 11.7. The van der Waals surface area contributed by atoms with Crippen LogP contribution in [0, 0.1) is 0 Å². The van der Waals surface area contributed by atoms with E-state index in [-0.39, 0.29) is 11.9 Å². The normalized spacial score (nSPS) is 16.3. The number of rotatable bonds is 4. The van der Waals surface area contributed by atoms with Crippen LogP contribution in [0.4, 0.5) is 0 Å². The van der Waals surface area contributed by atoms with Crippen LogP contribution in [0.2, 0.25) is 0 Å². The molecule has 2 aromatic rings. The molecule has 3 rings (SSSR count). The molecule has 5 heteroatoms. The van der Waals surface area contributed by atoms with Crippen molar-refractivity contribution in [2.24, 2.45) is 0 Å². The molecule has 4 nitrogen and oxygen atoms in total. The number of nitrogens with one attached hydrogen (secondary N) is 1. The van der Waals surface area contributed by atoms with Crippen molar-refractivity contribution in [1.82, 2.24) is 5.32 Å². The highest BCUT2D eigenvalue weighted by Crippen LogP contribution is 2.31. The zero-order valence-corrected chi connectivity index (χ0v) is 14.9. The standard InChI is InChI=1S/C19H18BrNO3/c1-23-17-8-7-14(20)12-13(17)6-9-19(22)21-16-10-11-24-18-5-3-2-4-15(16)18/h2-9,12,16H,10-11H2,1H3,(H,21,22)/b9-6+/t16-/m1/s1. The minimum atomic E-state index is -0.140. The molecule has 1 amide bonds.